The molecule has 118 valence electrons. The van der Waals surface area contributed by atoms with Gasteiger partial charge in [-0.3, -0.25) is 4.79 Å². The first-order valence-electron chi connectivity index (χ1n) is 6.65. The highest BCUT2D eigenvalue weighted by atomic mass is 35.5. The van der Waals surface area contributed by atoms with E-state index in [1.54, 1.807) is 24.3 Å². The smallest absolute Gasteiger partial charge is 0.328 e. The van der Waals surface area contributed by atoms with Gasteiger partial charge in [-0.25, -0.2) is 4.79 Å². The van der Waals surface area contributed by atoms with Crippen LogP contribution in [0.15, 0.2) is 24.3 Å². The van der Waals surface area contributed by atoms with Gasteiger partial charge < -0.3 is 19.5 Å². The van der Waals surface area contributed by atoms with Gasteiger partial charge in [-0.15, -0.1) is 0 Å². The minimum absolute atomic E-state index is 0.00456. The largest absolute Gasteiger partial charge is 0.496 e. The topological polar surface area (TPSA) is 76.1 Å². The van der Waals surface area contributed by atoms with Gasteiger partial charge >= 0.3 is 5.97 Å². The van der Waals surface area contributed by atoms with Crippen molar-refractivity contribution in [3.05, 3.63) is 34.9 Å². The van der Waals surface area contributed by atoms with Crippen LogP contribution in [0.2, 0.25) is 5.02 Å². The number of carboxylic acid groups (broad SMARTS) is 1. The SMILES string of the molecule is COc1ccc(Cl)cc1C=CC(=O)N1CCOCC1C(=O)O. The quantitative estimate of drug-likeness (QED) is 0.852. The molecular weight excluding hydrogens is 310 g/mol. The maximum Gasteiger partial charge on any atom is 0.328 e. The summed E-state index contributed by atoms with van der Waals surface area (Å²) in [6.45, 7) is 0.562. The van der Waals surface area contributed by atoms with Crippen molar-refractivity contribution in [2.75, 3.05) is 26.9 Å². The number of morpholine rings is 1. The van der Waals surface area contributed by atoms with Crippen molar-refractivity contribution in [2.24, 2.45) is 0 Å². The summed E-state index contributed by atoms with van der Waals surface area (Å²) in [6, 6.07) is 4.08. The van der Waals surface area contributed by atoms with Crippen molar-refractivity contribution in [3.63, 3.8) is 0 Å². The van der Waals surface area contributed by atoms with Gasteiger partial charge in [-0.1, -0.05) is 11.6 Å². The third-order valence-electron chi connectivity index (χ3n) is 3.29. The van der Waals surface area contributed by atoms with Crippen LogP contribution >= 0.6 is 11.6 Å². The number of rotatable bonds is 4. The molecular formula is C15H16ClNO5. The molecule has 1 fully saturated rings. The second kappa shape index (κ2) is 7.29. The average molecular weight is 326 g/mol. The number of benzene rings is 1. The number of carboxylic acids is 1. The molecule has 1 amide bonds. The number of halogens is 1. The number of hydrogen-bond donors (Lipinski definition) is 1. The number of hydrogen-bond acceptors (Lipinski definition) is 4. The number of amides is 1. The van der Waals surface area contributed by atoms with Crippen LogP contribution in [0.3, 0.4) is 0 Å². The maximum absolute atomic E-state index is 12.2. The molecule has 0 spiro atoms. The Bertz CT molecular complexity index is 602. The Morgan fingerprint density at radius 1 is 1.50 bits per heavy atom. The molecule has 0 bridgehead atoms. The van der Waals surface area contributed by atoms with E-state index >= 15 is 0 Å². The van der Waals surface area contributed by atoms with Crippen LogP contribution < -0.4 is 4.74 Å². The van der Waals surface area contributed by atoms with Crippen molar-refractivity contribution in [2.45, 2.75) is 6.04 Å². The Morgan fingerprint density at radius 3 is 2.95 bits per heavy atom. The summed E-state index contributed by atoms with van der Waals surface area (Å²) < 4.78 is 10.3. The lowest BCUT2D eigenvalue weighted by Crippen LogP contribution is -2.52. The normalized spacial score (nSPS) is 18.5. The molecule has 6 nitrogen and oxygen atoms in total. The summed E-state index contributed by atoms with van der Waals surface area (Å²) in [6.07, 6.45) is 2.87. The van der Waals surface area contributed by atoms with Crippen LogP contribution in [-0.2, 0) is 14.3 Å². The van der Waals surface area contributed by atoms with Gasteiger partial charge in [0, 0.05) is 23.2 Å². The molecule has 7 heteroatoms. The zero-order valence-electron chi connectivity index (χ0n) is 12.0. The van der Waals surface area contributed by atoms with Crippen LogP contribution in [-0.4, -0.2) is 54.8 Å². The molecule has 0 aliphatic carbocycles. The number of carbonyl (C=O) groups is 2. The number of methoxy groups -OCH3 is 1. The zero-order valence-corrected chi connectivity index (χ0v) is 12.7. The summed E-state index contributed by atoms with van der Waals surface area (Å²) in [7, 11) is 1.52. The lowest BCUT2D eigenvalue weighted by Gasteiger charge is -2.32. The van der Waals surface area contributed by atoms with Gasteiger partial charge in [0.2, 0.25) is 5.91 Å². The van der Waals surface area contributed by atoms with Crippen molar-refractivity contribution < 1.29 is 24.2 Å². The number of aliphatic carboxylic acids is 1. The summed E-state index contributed by atoms with van der Waals surface area (Å²) >= 11 is 5.92. The molecule has 1 atom stereocenters. The predicted molar refractivity (Wildman–Crippen MR) is 81.0 cm³/mol. The molecule has 1 unspecified atom stereocenters. The second-order valence-electron chi connectivity index (χ2n) is 4.68. The highest BCUT2D eigenvalue weighted by Gasteiger charge is 2.31. The van der Waals surface area contributed by atoms with Crippen LogP contribution in [0.4, 0.5) is 0 Å². The molecule has 1 saturated heterocycles. The minimum atomic E-state index is -1.08. The number of carbonyl (C=O) groups excluding carboxylic acids is 1. The van der Waals surface area contributed by atoms with Crippen molar-refractivity contribution in [1.29, 1.82) is 0 Å². The lowest BCUT2D eigenvalue weighted by molar-refractivity contribution is -0.156. The Kier molecular flexibility index (Phi) is 5.41. The first kappa shape index (κ1) is 16.3. The highest BCUT2D eigenvalue weighted by Crippen LogP contribution is 2.24. The van der Waals surface area contributed by atoms with Gasteiger partial charge in [0.15, 0.2) is 6.04 Å². The molecule has 0 saturated carbocycles. The fourth-order valence-corrected chi connectivity index (χ4v) is 2.34. The average Bonchev–Trinajstić information content (AvgIpc) is 2.52. The standard InChI is InChI=1S/C15H16ClNO5/c1-21-13-4-3-11(16)8-10(13)2-5-14(18)17-6-7-22-9-12(17)15(19)20/h2-5,8,12H,6-7,9H2,1H3,(H,19,20). The zero-order chi connectivity index (χ0) is 16.1. The molecule has 1 aliphatic heterocycles. The molecule has 2 rings (SSSR count). The third-order valence-corrected chi connectivity index (χ3v) is 3.53. The molecule has 0 aromatic heterocycles. The van der Waals surface area contributed by atoms with E-state index in [4.69, 9.17) is 26.2 Å². The first-order valence-corrected chi connectivity index (χ1v) is 7.03. The van der Waals surface area contributed by atoms with Crippen molar-refractivity contribution in [1.82, 2.24) is 4.90 Å². The fourth-order valence-electron chi connectivity index (χ4n) is 2.16. The monoisotopic (exact) mass is 325 g/mol. The van der Waals surface area contributed by atoms with E-state index in [1.807, 2.05) is 0 Å². The van der Waals surface area contributed by atoms with Gasteiger partial charge in [0.05, 0.1) is 20.3 Å². The molecule has 1 aromatic carbocycles. The van der Waals surface area contributed by atoms with Gasteiger partial charge in [-0.2, -0.15) is 0 Å². The Hall–Kier alpha value is -2.05. The van der Waals surface area contributed by atoms with Crippen molar-refractivity contribution in [3.8, 4) is 5.75 Å². The summed E-state index contributed by atoms with van der Waals surface area (Å²) in [4.78, 5) is 24.6. The van der Waals surface area contributed by atoms with E-state index in [-0.39, 0.29) is 13.2 Å². The Labute approximate surface area is 132 Å². The van der Waals surface area contributed by atoms with Crippen LogP contribution in [0.25, 0.3) is 6.08 Å². The second-order valence-corrected chi connectivity index (χ2v) is 5.12. The Balaban J connectivity index is 2.17. The van der Waals surface area contributed by atoms with Crippen molar-refractivity contribution >= 4 is 29.6 Å². The third kappa shape index (κ3) is 3.78. The first-order chi connectivity index (χ1) is 10.5. The number of nitrogens with zero attached hydrogens (tertiary/aromatic N) is 1. The van der Waals surface area contributed by atoms with Gasteiger partial charge in [0.1, 0.15) is 5.75 Å². The van der Waals surface area contributed by atoms with E-state index in [9.17, 15) is 9.59 Å². The van der Waals surface area contributed by atoms with Crippen LogP contribution in [0.5, 0.6) is 5.75 Å². The highest BCUT2D eigenvalue weighted by molar-refractivity contribution is 6.30. The summed E-state index contributed by atoms with van der Waals surface area (Å²) in [5, 5.41) is 9.64. The maximum atomic E-state index is 12.2. The molecule has 22 heavy (non-hydrogen) atoms. The molecule has 1 N–H and O–H groups in total. The minimum Gasteiger partial charge on any atom is -0.496 e. The molecule has 0 radical (unpaired) electrons. The summed E-state index contributed by atoms with van der Waals surface area (Å²) in [5.74, 6) is -0.898. The Morgan fingerprint density at radius 2 is 2.27 bits per heavy atom. The van der Waals surface area contributed by atoms with Gasteiger partial charge in [-0.05, 0) is 24.3 Å². The predicted octanol–water partition coefficient (Wildman–Crippen LogP) is 1.67. The summed E-state index contributed by atoms with van der Waals surface area (Å²) in [5.41, 5.74) is 0.642. The van der Waals surface area contributed by atoms with Gasteiger partial charge in [0.25, 0.3) is 0 Å². The van der Waals surface area contributed by atoms with E-state index < -0.39 is 17.9 Å². The van der Waals surface area contributed by atoms with E-state index in [0.717, 1.165) is 0 Å². The van der Waals surface area contributed by atoms with E-state index in [0.29, 0.717) is 22.9 Å². The fraction of sp³-hybridized carbons (Fsp3) is 0.333. The lowest BCUT2D eigenvalue weighted by atomic mass is 10.1. The number of ether oxygens (including phenoxy) is 2. The van der Waals surface area contributed by atoms with Crippen LogP contribution in [0, 0.1) is 0 Å². The molecule has 1 heterocycles. The van der Waals surface area contributed by atoms with E-state index in [2.05, 4.69) is 0 Å². The van der Waals surface area contributed by atoms with E-state index in [1.165, 1.54) is 18.1 Å². The van der Waals surface area contributed by atoms with Crippen LogP contribution in [0.1, 0.15) is 5.56 Å². The molecule has 1 aromatic rings. The molecule has 1 aliphatic rings.